The van der Waals surface area contributed by atoms with Gasteiger partial charge < -0.3 is 15.4 Å². The van der Waals surface area contributed by atoms with E-state index in [0.717, 1.165) is 5.69 Å². The van der Waals surface area contributed by atoms with Gasteiger partial charge in [-0.1, -0.05) is 6.07 Å². The van der Waals surface area contributed by atoms with Gasteiger partial charge in [0.25, 0.3) is 0 Å². The second kappa shape index (κ2) is 4.68. The summed E-state index contributed by atoms with van der Waals surface area (Å²) in [5.41, 5.74) is 6.85. The maximum Gasteiger partial charge on any atom is 0.177 e. The molecule has 19 heavy (non-hydrogen) atoms. The lowest BCUT2D eigenvalue weighted by atomic mass is 10.1. The van der Waals surface area contributed by atoms with Gasteiger partial charge >= 0.3 is 0 Å². The number of nitrogens with two attached hydrogens (primary N) is 1. The molecule has 106 valence electrons. The molecule has 2 rings (SSSR count). The monoisotopic (exact) mass is 284 g/mol. The SMILES string of the molecule is CC1(C)CN(c2cccc(S(C)(=O)=O)c2N)CCO1. The highest BCUT2D eigenvalue weighted by Crippen LogP contribution is 2.32. The third-order valence-electron chi connectivity index (χ3n) is 3.21. The van der Waals surface area contributed by atoms with E-state index in [0.29, 0.717) is 25.4 Å². The van der Waals surface area contributed by atoms with E-state index in [4.69, 9.17) is 10.5 Å². The molecule has 5 nitrogen and oxygen atoms in total. The molecule has 0 radical (unpaired) electrons. The molecule has 0 amide bonds. The number of morpholine rings is 1. The van der Waals surface area contributed by atoms with Crippen molar-refractivity contribution in [2.75, 3.05) is 36.6 Å². The van der Waals surface area contributed by atoms with Gasteiger partial charge in [0.05, 0.1) is 28.5 Å². The molecule has 0 aromatic heterocycles. The highest BCUT2D eigenvalue weighted by atomic mass is 32.2. The Labute approximate surface area is 114 Å². The van der Waals surface area contributed by atoms with Gasteiger partial charge in [0.15, 0.2) is 9.84 Å². The number of anilines is 2. The van der Waals surface area contributed by atoms with Crippen molar-refractivity contribution >= 4 is 21.2 Å². The number of nitrogen functional groups attached to an aromatic ring is 1. The van der Waals surface area contributed by atoms with E-state index in [1.807, 2.05) is 19.9 Å². The molecule has 0 aliphatic carbocycles. The summed E-state index contributed by atoms with van der Waals surface area (Å²) in [5, 5.41) is 0. The van der Waals surface area contributed by atoms with E-state index in [1.54, 1.807) is 12.1 Å². The van der Waals surface area contributed by atoms with Crippen LogP contribution in [0.3, 0.4) is 0 Å². The first-order chi connectivity index (χ1) is 8.71. The van der Waals surface area contributed by atoms with Crippen molar-refractivity contribution in [2.45, 2.75) is 24.3 Å². The molecule has 1 aliphatic heterocycles. The van der Waals surface area contributed by atoms with E-state index >= 15 is 0 Å². The van der Waals surface area contributed by atoms with Crippen LogP contribution < -0.4 is 10.6 Å². The Morgan fingerprint density at radius 2 is 2.05 bits per heavy atom. The van der Waals surface area contributed by atoms with Crippen LogP contribution in [0.2, 0.25) is 0 Å². The Balaban J connectivity index is 2.41. The van der Waals surface area contributed by atoms with Crippen LogP contribution in [-0.2, 0) is 14.6 Å². The summed E-state index contributed by atoms with van der Waals surface area (Å²) in [5.74, 6) is 0. The first-order valence-electron chi connectivity index (χ1n) is 6.18. The average Bonchev–Trinajstić information content (AvgIpc) is 2.26. The van der Waals surface area contributed by atoms with Crippen LogP contribution >= 0.6 is 0 Å². The molecule has 0 bridgehead atoms. The minimum absolute atomic E-state index is 0.189. The Morgan fingerprint density at radius 1 is 1.37 bits per heavy atom. The molecule has 1 saturated heterocycles. The Morgan fingerprint density at radius 3 is 2.63 bits per heavy atom. The van der Waals surface area contributed by atoms with E-state index in [1.165, 1.54) is 6.26 Å². The largest absolute Gasteiger partial charge is 0.396 e. The molecule has 0 atom stereocenters. The number of hydrogen-bond acceptors (Lipinski definition) is 5. The Hall–Kier alpha value is -1.27. The summed E-state index contributed by atoms with van der Waals surface area (Å²) in [4.78, 5) is 2.27. The number of rotatable bonds is 2. The maximum absolute atomic E-state index is 11.7. The van der Waals surface area contributed by atoms with Gasteiger partial charge in [-0.25, -0.2) is 8.42 Å². The van der Waals surface area contributed by atoms with Crippen LogP contribution in [0.5, 0.6) is 0 Å². The second-order valence-corrected chi connectivity index (χ2v) is 7.47. The lowest BCUT2D eigenvalue weighted by Crippen LogP contribution is -2.48. The summed E-state index contributed by atoms with van der Waals surface area (Å²) in [6.07, 6.45) is 1.17. The van der Waals surface area contributed by atoms with Crippen molar-refractivity contribution < 1.29 is 13.2 Å². The molecule has 1 aliphatic rings. The van der Waals surface area contributed by atoms with Gasteiger partial charge in [0.1, 0.15) is 0 Å². The fourth-order valence-corrected chi connectivity index (χ4v) is 3.18. The molecule has 6 heteroatoms. The highest BCUT2D eigenvalue weighted by molar-refractivity contribution is 7.90. The molecule has 0 spiro atoms. The van der Waals surface area contributed by atoms with E-state index in [9.17, 15) is 8.42 Å². The zero-order chi connectivity index (χ0) is 14.3. The smallest absolute Gasteiger partial charge is 0.177 e. The molecule has 0 saturated carbocycles. The van der Waals surface area contributed by atoms with E-state index in [2.05, 4.69) is 4.90 Å². The number of para-hydroxylation sites is 1. The predicted molar refractivity (Wildman–Crippen MR) is 76.2 cm³/mol. The zero-order valence-corrected chi connectivity index (χ0v) is 12.3. The minimum Gasteiger partial charge on any atom is -0.396 e. The number of benzene rings is 1. The van der Waals surface area contributed by atoms with Crippen molar-refractivity contribution in [3.63, 3.8) is 0 Å². The lowest BCUT2D eigenvalue weighted by molar-refractivity contribution is -0.0276. The standard InChI is InChI=1S/C13H20N2O3S/c1-13(2)9-15(7-8-18-13)10-5-4-6-11(12(10)14)19(3,16)17/h4-6H,7-9,14H2,1-3H3. The summed E-state index contributed by atoms with van der Waals surface area (Å²) in [6.45, 7) is 6.02. The summed E-state index contributed by atoms with van der Waals surface area (Å²) in [7, 11) is -3.31. The van der Waals surface area contributed by atoms with Gasteiger partial charge in [-0.15, -0.1) is 0 Å². The maximum atomic E-state index is 11.7. The highest BCUT2D eigenvalue weighted by Gasteiger charge is 2.29. The molecule has 1 fully saturated rings. The minimum atomic E-state index is -3.31. The van der Waals surface area contributed by atoms with Crippen molar-refractivity contribution in [1.29, 1.82) is 0 Å². The quantitative estimate of drug-likeness (QED) is 0.828. The van der Waals surface area contributed by atoms with Gasteiger partial charge in [-0.3, -0.25) is 0 Å². The van der Waals surface area contributed by atoms with Crippen LogP contribution in [0, 0.1) is 0 Å². The lowest BCUT2D eigenvalue weighted by Gasteiger charge is -2.40. The second-order valence-electron chi connectivity index (χ2n) is 5.49. The summed E-state index contributed by atoms with van der Waals surface area (Å²) >= 11 is 0. The molecule has 0 unspecified atom stereocenters. The zero-order valence-electron chi connectivity index (χ0n) is 11.5. The molecular weight excluding hydrogens is 264 g/mol. The van der Waals surface area contributed by atoms with Crippen LogP contribution in [0.1, 0.15) is 13.8 Å². The van der Waals surface area contributed by atoms with Gasteiger partial charge in [-0.2, -0.15) is 0 Å². The van der Waals surface area contributed by atoms with Crippen LogP contribution in [0.4, 0.5) is 11.4 Å². The number of sulfone groups is 1. The molecule has 1 heterocycles. The van der Waals surface area contributed by atoms with Crippen molar-refractivity contribution in [1.82, 2.24) is 0 Å². The van der Waals surface area contributed by atoms with E-state index < -0.39 is 9.84 Å². The Kier molecular flexibility index (Phi) is 3.49. The van der Waals surface area contributed by atoms with Crippen molar-refractivity contribution in [3.8, 4) is 0 Å². The Bertz CT molecular complexity index is 582. The fraction of sp³-hybridized carbons (Fsp3) is 0.538. The number of nitrogens with zero attached hydrogens (tertiary/aromatic N) is 1. The van der Waals surface area contributed by atoms with Gasteiger partial charge in [0.2, 0.25) is 0 Å². The summed E-state index contributed by atoms with van der Waals surface area (Å²) < 4.78 is 29.0. The fourth-order valence-electron chi connectivity index (χ4n) is 2.35. The molecule has 2 N–H and O–H groups in total. The first-order valence-corrected chi connectivity index (χ1v) is 8.07. The first kappa shape index (κ1) is 14.1. The molecule has 1 aromatic carbocycles. The third-order valence-corrected chi connectivity index (χ3v) is 4.36. The van der Waals surface area contributed by atoms with Gasteiger partial charge in [0, 0.05) is 19.3 Å². The molecule has 1 aromatic rings. The number of hydrogen-bond donors (Lipinski definition) is 1. The topological polar surface area (TPSA) is 72.6 Å². The normalized spacial score (nSPS) is 19.4. The van der Waals surface area contributed by atoms with Crippen LogP contribution in [0.15, 0.2) is 23.1 Å². The van der Waals surface area contributed by atoms with E-state index in [-0.39, 0.29) is 10.5 Å². The van der Waals surface area contributed by atoms with Crippen LogP contribution in [0.25, 0.3) is 0 Å². The van der Waals surface area contributed by atoms with Crippen LogP contribution in [-0.4, -0.2) is 40.0 Å². The third kappa shape index (κ3) is 3.01. The summed E-state index contributed by atoms with van der Waals surface area (Å²) in [6, 6.07) is 5.12. The predicted octanol–water partition coefficient (Wildman–Crippen LogP) is 1.29. The average molecular weight is 284 g/mol. The van der Waals surface area contributed by atoms with Crippen molar-refractivity contribution in [3.05, 3.63) is 18.2 Å². The number of ether oxygens (including phenoxy) is 1. The van der Waals surface area contributed by atoms with Crippen molar-refractivity contribution in [2.24, 2.45) is 0 Å². The van der Waals surface area contributed by atoms with Gasteiger partial charge in [-0.05, 0) is 26.0 Å². The molecular formula is C13H20N2O3S.